The summed E-state index contributed by atoms with van der Waals surface area (Å²) in [6, 6.07) is 63.5. The van der Waals surface area contributed by atoms with Gasteiger partial charge in [0.1, 0.15) is 0 Å². The van der Waals surface area contributed by atoms with Gasteiger partial charge in [-0.25, -0.2) is 9.97 Å². The molecule has 62 heavy (non-hydrogen) atoms. The van der Waals surface area contributed by atoms with Crippen molar-refractivity contribution in [2.75, 3.05) is 0 Å². The maximum atomic E-state index is 14.6. The molecule has 8 aromatic carbocycles. The smallest absolute Gasteiger partial charge is 0.309 e. The van der Waals surface area contributed by atoms with Crippen molar-refractivity contribution in [1.82, 2.24) is 19.1 Å². The molecule has 0 bridgehead atoms. The lowest BCUT2D eigenvalue weighted by Crippen LogP contribution is -2.07. The van der Waals surface area contributed by atoms with Gasteiger partial charge in [0.05, 0.1) is 62.0 Å². The highest BCUT2D eigenvalue weighted by Crippen LogP contribution is 2.43. The van der Waals surface area contributed by atoms with Crippen molar-refractivity contribution in [1.29, 1.82) is 5.26 Å². The molecule has 0 aliphatic carbocycles. The minimum atomic E-state index is -4.56. The third-order valence-corrected chi connectivity index (χ3v) is 11.6. The Kier molecular flexibility index (Phi) is 8.58. The molecule has 0 radical (unpaired) electrons. The zero-order valence-corrected chi connectivity index (χ0v) is 32.8. The number of benzene rings is 8. The summed E-state index contributed by atoms with van der Waals surface area (Å²) in [5, 5.41) is 14.0. The molecule has 11 rings (SSSR count). The molecule has 0 N–H and O–H groups in total. The molecule has 8 heteroatoms. The number of para-hydroxylation sites is 3. The fraction of sp³-hybridized carbons (Fsp3) is 0.0185. The molecule has 0 spiro atoms. The molecule has 0 fully saturated rings. The van der Waals surface area contributed by atoms with Crippen LogP contribution < -0.4 is 0 Å². The number of hydrogen-bond acceptors (Lipinski definition) is 3. The van der Waals surface area contributed by atoms with Gasteiger partial charge in [0, 0.05) is 43.8 Å². The second kappa shape index (κ2) is 14.5. The Hall–Kier alpha value is -8.28. The highest BCUT2D eigenvalue weighted by atomic mass is 19.4. The second-order valence-corrected chi connectivity index (χ2v) is 15.2. The van der Waals surface area contributed by atoms with Crippen LogP contribution in [0.3, 0.4) is 0 Å². The number of fused-ring (bicyclic) bond motifs is 6. The molecule has 294 valence electrons. The van der Waals surface area contributed by atoms with E-state index >= 15 is 0 Å². The molecule has 0 aliphatic heterocycles. The predicted octanol–water partition coefficient (Wildman–Crippen LogP) is 14.2. The number of nitriles is 1. The lowest BCUT2D eigenvalue weighted by atomic mass is 9.98. The molecule has 0 saturated heterocycles. The Morgan fingerprint density at radius 2 is 0.903 bits per heavy atom. The van der Waals surface area contributed by atoms with Crippen LogP contribution in [0, 0.1) is 11.3 Å². The van der Waals surface area contributed by atoms with Crippen molar-refractivity contribution in [3.05, 3.63) is 205 Å². The van der Waals surface area contributed by atoms with Gasteiger partial charge in [0.2, 0.25) is 0 Å². The molecule has 5 nitrogen and oxygen atoms in total. The summed E-state index contributed by atoms with van der Waals surface area (Å²) in [5.74, 6) is 0.444. The highest BCUT2D eigenvalue weighted by Gasteiger charge is 2.32. The van der Waals surface area contributed by atoms with E-state index < -0.39 is 11.7 Å². The minimum absolute atomic E-state index is 0.444. The molecule has 0 amide bonds. The summed E-state index contributed by atoms with van der Waals surface area (Å²) < 4.78 is 47.8. The third-order valence-electron chi connectivity index (χ3n) is 11.6. The molecule has 0 unspecified atom stereocenters. The van der Waals surface area contributed by atoms with Crippen molar-refractivity contribution in [3.63, 3.8) is 0 Å². The Morgan fingerprint density at radius 1 is 0.419 bits per heavy atom. The first kappa shape index (κ1) is 36.8. The van der Waals surface area contributed by atoms with E-state index in [-0.39, 0.29) is 0 Å². The summed E-state index contributed by atoms with van der Waals surface area (Å²) in [7, 11) is 0. The first-order chi connectivity index (χ1) is 30.3. The summed E-state index contributed by atoms with van der Waals surface area (Å²) >= 11 is 0. The monoisotopic (exact) mass is 807 g/mol. The van der Waals surface area contributed by atoms with Gasteiger partial charge < -0.3 is 9.13 Å². The molecule has 0 atom stereocenters. The van der Waals surface area contributed by atoms with E-state index in [2.05, 4.69) is 15.2 Å². The Balaban J connectivity index is 1.16. The molecular formula is C54H32F3N5. The quantitative estimate of drug-likeness (QED) is 0.168. The molecule has 3 heterocycles. The zero-order valence-electron chi connectivity index (χ0n) is 32.8. The van der Waals surface area contributed by atoms with Gasteiger partial charge in [0.15, 0.2) is 5.82 Å². The van der Waals surface area contributed by atoms with E-state index in [0.29, 0.717) is 33.8 Å². The summed E-state index contributed by atoms with van der Waals surface area (Å²) in [4.78, 5) is 10.3. The van der Waals surface area contributed by atoms with Gasteiger partial charge in [-0.2, -0.15) is 18.4 Å². The van der Waals surface area contributed by atoms with Crippen LogP contribution in [0.4, 0.5) is 13.2 Å². The average Bonchev–Trinajstić information content (AvgIpc) is 3.84. The number of hydrogen-bond donors (Lipinski definition) is 0. The van der Waals surface area contributed by atoms with Crippen LogP contribution in [0.5, 0.6) is 0 Å². The van der Waals surface area contributed by atoms with Gasteiger partial charge in [-0.05, 0) is 78.4 Å². The molecular weight excluding hydrogens is 776 g/mol. The van der Waals surface area contributed by atoms with Crippen LogP contribution in [0.15, 0.2) is 194 Å². The van der Waals surface area contributed by atoms with Crippen molar-refractivity contribution in [3.8, 4) is 62.5 Å². The maximum absolute atomic E-state index is 14.6. The topological polar surface area (TPSA) is 59.4 Å². The Morgan fingerprint density at radius 3 is 1.45 bits per heavy atom. The van der Waals surface area contributed by atoms with Crippen LogP contribution in [0.25, 0.3) is 100 Å². The van der Waals surface area contributed by atoms with Gasteiger partial charge in [-0.1, -0.05) is 121 Å². The van der Waals surface area contributed by atoms with Gasteiger partial charge >= 0.3 is 6.18 Å². The van der Waals surface area contributed by atoms with Crippen molar-refractivity contribution in [2.24, 2.45) is 0 Å². The molecule has 3 aromatic heterocycles. The Bertz CT molecular complexity index is 3470. The number of rotatable bonds is 6. The van der Waals surface area contributed by atoms with Gasteiger partial charge in [-0.3, -0.25) is 0 Å². The zero-order chi connectivity index (χ0) is 42.0. The van der Waals surface area contributed by atoms with E-state index in [0.717, 1.165) is 77.9 Å². The van der Waals surface area contributed by atoms with E-state index in [1.54, 1.807) is 12.1 Å². The summed E-state index contributed by atoms with van der Waals surface area (Å²) in [5.41, 5.74) is 9.64. The molecule has 0 saturated carbocycles. The second-order valence-electron chi connectivity index (χ2n) is 15.2. The van der Waals surface area contributed by atoms with Crippen LogP contribution in [-0.2, 0) is 6.18 Å². The first-order valence-electron chi connectivity index (χ1n) is 20.1. The van der Waals surface area contributed by atoms with Crippen LogP contribution in [0.1, 0.15) is 11.1 Å². The maximum Gasteiger partial charge on any atom is 0.416 e. The fourth-order valence-corrected chi connectivity index (χ4v) is 8.78. The Labute approximate surface area is 353 Å². The van der Waals surface area contributed by atoms with Crippen LogP contribution in [0.2, 0.25) is 0 Å². The SMILES string of the molecule is N#Cc1ccc(-n2c3ccccc3c3cc(-c4cc(C(F)(F)F)ccc4-n4c5ccccc5c5ccccc54)ccc32)c(-c2nc(-c3ccccc3)cc(-c3ccccc3)n2)c1. The van der Waals surface area contributed by atoms with Crippen molar-refractivity contribution < 1.29 is 13.2 Å². The third kappa shape index (κ3) is 6.10. The van der Waals surface area contributed by atoms with E-state index in [1.807, 2.05) is 170 Å². The van der Waals surface area contributed by atoms with Crippen LogP contribution >= 0.6 is 0 Å². The number of halogens is 3. The fourth-order valence-electron chi connectivity index (χ4n) is 8.78. The van der Waals surface area contributed by atoms with E-state index in [9.17, 15) is 18.4 Å². The van der Waals surface area contributed by atoms with E-state index in [4.69, 9.17) is 9.97 Å². The largest absolute Gasteiger partial charge is 0.416 e. The lowest BCUT2D eigenvalue weighted by molar-refractivity contribution is -0.137. The summed E-state index contributed by atoms with van der Waals surface area (Å²) in [6.07, 6.45) is -4.56. The van der Waals surface area contributed by atoms with E-state index in [1.165, 1.54) is 6.07 Å². The average molecular weight is 808 g/mol. The van der Waals surface area contributed by atoms with Crippen molar-refractivity contribution >= 4 is 43.6 Å². The van der Waals surface area contributed by atoms with Gasteiger partial charge in [0.25, 0.3) is 0 Å². The van der Waals surface area contributed by atoms with Crippen LogP contribution in [-0.4, -0.2) is 19.1 Å². The highest BCUT2D eigenvalue weighted by molar-refractivity contribution is 6.12. The number of alkyl halides is 3. The standard InChI is InChI=1S/C54H32F3N5/c55-54(56,57)38-25-28-50(61-47-20-10-7-17-39(47)40-18-8-11-21-48(40)61)42(31-38)37-24-27-51-43(30-37)41-19-9-12-22-49(41)62(51)52-26-23-34(33-58)29-44(52)53-59-45(35-13-3-1-4-14-35)32-46(60-53)36-15-5-2-6-16-36/h1-32H. The minimum Gasteiger partial charge on any atom is -0.309 e. The van der Waals surface area contributed by atoms with Crippen molar-refractivity contribution in [2.45, 2.75) is 6.18 Å². The lowest BCUT2D eigenvalue weighted by Gasteiger charge is -2.17. The molecule has 11 aromatic rings. The number of aromatic nitrogens is 4. The first-order valence-corrected chi connectivity index (χ1v) is 20.1. The normalized spacial score (nSPS) is 11.8. The number of nitrogens with zero attached hydrogens (tertiary/aromatic N) is 5. The van der Waals surface area contributed by atoms with Gasteiger partial charge in [-0.15, -0.1) is 0 Å². The summed E-state index contributed by atoms with van der Waals surface area (Å²) in [6.45, 7) is 0. The predicted molar refractivity (Wildman–Crippen MR) is 242 cm³/mol. The molecule has 0 aliphatic rings.